The first-order valence-electron chi connectivity index (χ1n) is 10.5. The van der Waals surface area contributed by atoms with Gasteiger partial charge in [-0.05, 0) is 37.1 Å². The molecule has 2 aromatic rings. The van der Waals surface area contributed by atoms with E-state index in [1.165, 1.54) is 15.9 Å². The van der Waals surface area contributed by atoms with Gasteiger partial charge in [0.2, 0.25) is 0 Å². The zero-order valence-electron chi connectivity index (χ0n) is 18.7. The highest BCUT2D eigenvalue weighted by Gasteiger charge is 2.30. The molecule has 0 radical (unpaired) electrons. The highest BCUT2D eigenvalue weighted by Crippen LogP contribution is 2.18. The molecule has 0 amide bonds. The van der Waals surface area contributed by atoms with Gasteiger partial charge >= 0.3 is 5.97 Å². The number of ether oxygens (including phenoxy) is 1. The fourth-order valence-electron chi connectivity index (χ4n) is 3.94. The normalized spacial score (nSPS) is 14.0. The molecule has 2 aromatic carbocycles. The summed E-state index contributed by atoms with van der Waals surface area (Å²) in [5.41, 5.74) is 3.54. The van der Waals surface area contributed by atoms with Crippen molar-refractivity contribution in [1.82, 2.24) is 0 Å². The highest BCUT2D eigenvalue weighted by atomic mass is 28.3. The average molecular weight is 427 g/mol. The lowest BCUT2D eigenvalue weighted by molar-refractivity contribution is -0.145. The molecule has 2 N–H and O–H groups in total. The number of benzene rings is 2. The molecular weight excluding hydrogens is 392 g/mol. The summed E-state index contributed by atoms with van der Waals surface area (Å²) >= 11 is 0. The highest BCUT2D eigenvalue weighted by molar-refractivity contribution is 7.01. The Kier molecular flexibility index (Phi) is 8.59. The Morgan fingerprint density at radius 1 is 1.07 bits per heavy atom. The Morgan fingerprint density at radius 3 is 2.33 bits per heavy atom. The fourth-order valence-corrected chi connectivity index (χ4v) is 7.27. The van der Waals surface area contributed by atoms with Gasteiger partial charge in [-0.1, -0.05) is 78.5 Å². The Bertz CT molecular complexity index is 874. The smallest absolute Gasteiger partial charge is 0.308 e. The molecule has 0 aliphatic rings. The van der Waals surface area contributed by atoms with Crippen LogP contribution in [0.1, 0.15) is 36.5 Å². The van der Waals surface area contributed by atoms with Crippen molar-refractivity contribution < 1.29 is 19.7 Å². The molecule has 5 heteroatoms. The van der Waals surface area contributed by atoms with Crippen LogP contribution in [0.4, 0.5) is 0 Å². The minimum Gasteiger partial charge on any atom is -0.466 e. The second kappa shape index (κ2) is 10.7. The molecule has 2 atom stereocenters. The number of aliphatic hydroxyl groups excluding tert-OH is 2. The summed E-state index contributed by atoms with van der Waals surface area (Å²) in [5, 5.41) is 23.2. The third kappa shape index (κ3) is 6.14. The molecule has 2 unspecified atom stereocenters. The van der Waals surface area contributed by atoms with Gasteiger partial charge in [-0.25, -0.2) is 0 Å². The van der Waals surface area contributed by atoms with Crippen LogP contribution >= 0.6 is 0 Å². The lowest BCUT2D eigenvalue weighted by Gasteiger charge is -2.29. The monoisotopic (exact) mass is 426 g/mol. The van der Waals surface area contributed by atoms with Gasteiger partial charge in [-0.15, -0.1) is 0 Å². The van der Waals surface area contributed by atoms with Crippen molar-refractivity contribution in [2.24, 2.45) is 0 Å². The molecule has 0 saturated carbocycles. The van der Waals surface area contributed by atoms with E-state index < -0.39 is 26.3 Å². The predicted octanol–water partition coefficient (Wildman–Crippen LogP) is 3.20. The molecule has 0 spiro atoms. The number of aliphatic hydroxyl groups is 2. The van der Waals surface area contributed by atoms with Crippen molar-refractivity contribution in [3.8, 4) is 0 Å². The maximum atomic E-state index is 11.5. The fraction of sp³-hybridized carbons (Fsp3) is 0.400. The van der Waals surface area contributed by atoms with Crippen LogP contribution in [0, 0.1) is 13.8 Å². The first-order chi connectivity index (χ1) is 14.2. The topological polar surface area (TPSA) is 66.8 Å². The van der Waals surface area contributed by atoms with Crippen LogP contribution in [0.15, 0.2) is 48.5 Å². The van der Waals surface area contributed by atoms with Crippen LogP contribution in [-0.4, -0.2) is 43.1 Å². The zero-order valence-corrected chi connectivity index (χ0v) is 19.7. The van der Waals surface area contributed by atoms with Crippen molar-refractivity contribution >= 4 is 30.5 Å². The number of hydrogen-bond acceptors (Lipinski definition) is 4. The number of esters is 1. The van der Waals surface area contributed by atoms with E-state index in [1.54, 1.807) is 13.0 Å². The van der Waals surface area contributed by atoms with E-state index >= 15 is 0 Å². The SMILES string of the molecule is CCOC(=O)CC(O)CC(O)/C=C/c1c(C)ccc(C)c1[Si](C)(C)c1ccccc1. The molecule has 0 aliphatic heterocycles. The third-order valence-corrected chi connectivity index (χ3v) is 9.19. The van der Waals surface area contributed by atoms with Crippen molar-refractivity contribution in [1.29, 1.82) is 0 Å². The summed E-state index contributed by atoms with van der Waals surface area (Å²) in [6.45, 7) is 10.9. The van der Waals surface area contributed by atoms with Crippen LogP contribution < -0.4 is 10.4 Å². The minimum atomic E-state index is -1.95. The first-order valence-corrected chi connectivity index (χ1v) is 13.5. The van der Waals surface area contributed by atoms with Crippen molar-refractivity contribution in [2.45, 2.75) is 58.9 Å². The molecule has 0 fully saturated rings. The molecular formula is C25H34O4Si. The molecule has 2 rings (SSSR count). The summed E-state index contributed by atoms with van der Waals surface area (Å²) < 4.78 is 4.85. The largest absolute Gasteiger partial charge is 0.466 e. The van der Waals surface area contributed by atoms with Crippen LogP contribution in [-0.2, 0) is 9.53 Å². The van der Waals surface area contributed by atoms with Gasteiger partial charge in [0.25, 0.3) is 0 Å². The number of carbonyl (C=O) groups is 1. The van der Waals surface area contributed by atoms with Gasteiger partial charge in [0.1, 0.15) is 8.07 Å². The van der Waals surface area contributed by atoms with E-state index in [1.807, 2.05) is 12.1 Å². The Morgan fingerprint density at radius 2 is 1.70 bits per heavy atom. The number of aryl methyl sites for hydroxylation is 2. The van der Waals surface area contributed by atoms with E-state index in [9.17, 15) is 15.0 Å². The quantitative estimate of drug-likeness (QED) is 0.477. The predicted molar refractivity (Wildman–Crippen MR) is 126 cm³/mol. The first kappa shape index (κ1) is 24.1. The Hall–Kier alpha value is -2.21. The summed E-state index contributed by atoms with van der Waals surface area (Å²) in [6.07, 6.45) is 1.89. The molecule has 0 bridgehead atoms. The van der Waals surface area contributed by atoms with Crippen LogP contribution in [0.2, 0.25) is 13.1 Å². The lowest BCUT2D eigenvalue weighted by Crippen LogP contribution is -2.55. The standard InChI is InChI=1S/C25H34O4Si/c1-6-29-24(28)17-21(27)16-20(26)14-15-23-18(2)12-13-19(3)25(23)30(4,5)22-10-8-7-9-11-22/h7-15,20-21,26-27H,6,16-17H2,1-5H3/b15-14+. The van der Waals surface area contributed by atoms with Crippen molar-refractivity contribution in [3.63, 3.8) is 0 Å². The Labute approximate surface area is 181 Å². The van der Waals surface area contributed by atoms with Crippen LogP contribution in [0.3, 0.4) is 0 Å². The van der Waals surface area contributed by atoms with E-state index in [4.69, 9.17) is 4.74 Å². The third-order valence-electron chi connectivity index (χ3n) is 5.50. The molecule has 0 heterocycles. The summed E-state index contributed by atoms with van der Waals surface area (Å²) in [4.78, 5) is 11.5. The number of hydrogen-bond donors (Lipinski definition) is 2. The molecule has 30 heavy (non-hydrogen) atoms. The van der Waals surface area contributed by atoms with Gasteiger partial charge in [0.05, 0.1) is 25.2 Å². The maximum absolute atomic E-state index is 11.5. The molecule has 4 nitrogen and oxygen atoms in total. The minimum absolute atomic E-state index is 0.0923. The van der Waals surface area contributed by atoms with E-state index in [0.717, 1.165) is 11.1 Å². The molecule has 0 aromatic heterocycles. The average Bonchev–Trinajstić information content (AvgIpc) is 2.69. The summed E-state index contributed by atoms with van der Waals surface area (Å²) in [5.74, 6) is -0.450. The van der Waals surface area contributed by atoms with Crippen LogP contribution in [0.25, 0.3) is 6.08 Å². The van der Waals surface area contributed by atoms with Gasteiger partial charge in [-0.2, -0.15) is 0 Å². The van der Waals surface area contributed by atoms with E-state index in [0.29, 0.717) is 0 Å². The van der Waals surface area contributed by atoms with Gasteiger partial charge in [0, 0.05) is 6.42 Å². The second-order valence-corrected chi connectivity index (χ2v) is 12.6. The Balaban J connectivity index is 2.28. The number of rotatable bonds is 9. The molecule has 162 valence electrons. The van der Waals surface area contributed by atoms with Gasteiger partial charge < -0.3 is 14.9 Å². The zero-order chi connectivity index (χ0) is 22.3. The van der Waals surface area contributed by atoms with E-state index in [-0.39, 0.29) is 19.4 Å². The summed E-state index contributed by atoms with van der Waals surface area (Å²) in [6, 6.07) is 14.9. The molecule has 0 saturated heterocycles. The van der Waals surface area contributed by atoms with E-state index in [2.05, 4.69) is 63.3 Å². The van der Waals surface area contributed by atoms with Gasteiger partial charge in [0.15, 0.2) is 0 Å². The summed E-state index contributed by atoms with van der Waals surface area (Å²) in [7, 11) is -1.95. The number of carbonyl (C=O) groups excluding carboxylic acids is 1. The van der Waals surface area contributed by atoms with Gasteiger partial charge in [-0.3, -0.25) is 4.79 Å². The lowest BCUT2D eigenvalue weighted by atomic mass is 10.0. The van der Waals surface area contributed by atoms with Crippen molar-refractivity contribution in [3.05, 3.63) is 65.2 Å². The van der Waals surface area contributed by atoms with Crippen molar-refractivity contribution in [2.75, 3.05) is 6.61 Å². The molecule has 0 aliphatic carbocycles. The maximum Gasteiger partial charge on any atom is 0.308 e. The second-order valence-electron chi connectivity index (χ2n) is 8.30. The van der Waals surface area contributed by atoms with Crippen LogP contribution in [0.5, 0.6) is 0 Å².